The van der Waals surface area contributed by atoms with Gasteiger partial charge in [-0.2, -0.15) is 0 Å². The van der Waals surface area contributed by atoms with Gasteiger partial charge in [0.15, 0.2) is 5.96 Å². The zero-order valence-electron chi connectivity index (χ0n) is 16.5. The van der Waals surface area contributed by atoms with Crippen LogP contribution in [0.3, 0.4) is 0 Å². The highest BCUT2D eigenvalue weighted by Crippen LogP contribution is 2.30. The molecule has 0 spiro atoms. The Kier molecular flexibility index (Phi) is 9.33. The highest BCUT2D eigenvalue weighted by molar-refractivity contribution is 14.0. The molecule has 0 bridgehead atoms. The van der Waals surface area contributed by atoms with E-state index in [1.807, 2.05) is 37.3 Å². The Labute approximate surface area is 184 Å². The van der Waals surface area contributed by atoms with Gasteiger partial charge in [0.25, 0.3) is 0 Å². The maximum Gasteiger partial charge on any atom is 0.213 e. The maximum absolute atomic E-state index is 5.97. The summed E-state index contributed by atoms with van der Waals surface area (Å²) in [5.74, 6) is 3.06. The molecular formula is C21H29IN4O2. The van der Waals surface area contributed by atoms with E-state index < -0.39 is 0 Å². The van der Waals surface area contributed by atoms with E-state index in [0.717, 1.165) is 35.4 Å². The lowest BCUT2D eigenvalue weighted by molar-refractivity contribution is 0.296. The van der Waals surface area contributed by atoms with Crippen LogP contribution in [0.1, 0.15) is 30.9 Å². The number of nitrogens with zero attached hydrogens (tertiary/aromatic N) is 2. The molecule has 0 amide bonds. The number of hydrogen-bond donors (Lipinski definition) is 2. The molecule has 1 aliphatic rings. The average Bonchev–Trinajstić information content (AvgIpc) is 3.52. The van der Waals surface area contributed by atoms with Gasteiger partial charge in [0.05, 0.1) is 13.2 Å². The molecule has 3 rings (SSSR count). The van der Waals surface area contributed by atoms with Gasteiger partial charge in [-0.3, -0.25) is 4.99 Å². The molecule has 1 aromatic heterocycles. The van der Waals surface area contributed by atoms with E-state index in [-0.39, 0.29) is 24.0 Å². The molecule has 1 saturated carbocycles. The van der Waals surface area contributed by atoms with Gasteiger partial charge >= 0.3 is 0 Å². The summed E-state index contributed by atoms with van der Waals surface area (Å²) in [6.45, 7) is 4.66. The first-order valence-electron chi connectivity index (χ1n) is 9.51. The van der Waals surface area contributed by atoms with E-state index >= 15 is 0 Å². The van der Waals surface area contributed by atoms with E-state index in [1.165, 1.54) is 12.8 Å². The molecule has 0 unspecified atom stereocenters. The van der Waals surface area contributed by atoms with Gasteiger partial charge in [0.1, 0.15) is 5.75 Å². The minimum absolute atomic E-state index is 0. The van der Waals surface area contributed by atoms with Crippen molar-refractivity contribution in [2.24, 2.45) is 10.9 Å². The van der Waals surface area contributed by atoms with Gasteiger partial charge in [-0.25, -0.2) is 4.98 Å². The molecule has 0 atom stereocenters. The van der Waals surface area contributed by atoms with Crippen molar-refractivity contribution in [1.29, 1.82) is 0 Å². The minimum atomic E-state index is 0. The molecular weight excluding hydrogens is 467 g/mol. The van der Waals surface area contributed by atoms with E-state index in [2.05, 4.69) is 26.7 Å². The largest absolute Gasteiger partial charge is 0.493 e. The van der Waals surface area contributed by atoms with Crippen molar-refractivity contribution in [2.75, 3.05) is 20.3 Å². The van der Waals surface area contributed by atoms with Crippen molar-refractivity contribution in [2.45, 2.75) is 32.9 Å². The number of benzene rings is 1. The molecule has 0 saturated heterocycles. The van der Waals surface area contributed by atoms with Crippen LogP contribution < -0.4 is 20.1 Å². The summed E-state index contributed by atoms with van der Waals surface area (Å²) >= 11 is 0. The van der Waals surface area contributed by atoms with Crippen molar-refractivity contribution in [3.05, 3.63) is 53.7 Å². The Morgan fingerprint density at radius 1 is 1.14 bits per heavy atom. The van der Waals surface area contributed by atoms with Gasteiger partial charge in [0.2, 0.25) is 5.88 Å². The minimum Gasteiger partial charge on any atom is -0.493 e. The van der Waals surface area contributed by atoms with Crippen molar-refractivity contribution in [3.8, 4) is 11.6 Å². The number of aliphatic imine (C=N–C) groups is 1. The van der Waals surface area contributed by atoms with E-state index in [9.17, 15) is 0 Å². The lowest BCUT2D eigenvalue weighted by Gasteiger charge is -2.15. The van der Waals surface area contributed by atoms with Gasteiger partial charge in [-0.15, -0.1) is 24.0 Å². The zero-order valence-corrected chi connectivity index (χ0v) is 18.8. The van der Waals surface area contributed by atoms with Crippen LogP contribution in [0.2, 0.25) is 0 Å². The van der Waals surface area contributed by atoms with Crippen LogP contribution >= 0.6 is 24.0 Å². The second kappa shape index (κ2) is 11.7. The molecule has 2 aromatic rings. The molecule has 152 valence electrons. The Morgan fingerprint density at radius 2 is 1.93 bits per heavy atom. The number of para-hydroxylation sites is 1. The van der Waals surface area contributed by atoms with Crippen LogP contribution in [0.25, 0.3) is 0 Å². The van der Waals surface area contributed by atoms with Crippen LogP contribution in [-0.4, -0.2) is 31.2 Å². The van der Waals surface area contributed by atoms with Crippen LogP contribution in [0.4, 0.5) is 0 Å². The third-order valence-electron chi connectivity index (χ3n) is 4.37. The summed E-state index contributed by atoms with van der Waals surface area (Å²) in [6, 6.07) is 12.1. The quantitative estimate of drug-likeness (QED) is 0.315. The predicted molar refractivity (Wildman–Crippen MR) is 123 cm³/mol. The van der Waals surface area contributed by atoms with Gasteiger partial charge in [-0.05, 0) is 43.4 Å². The lowest BCUT2D eigenvalue weighted by atomic mass is 10.2. The van der Waals surface area contributed by atoms with Gasteiger partial charge in [0, 0.05) is 38.0 Å². The number of hydrogen-bond acceptors (Lipinski definition) is 4. The highest BCUT2D eigenvalue weighted by atomic mass is 127. The lowest BCUT2D eigenvalue weighted by Crippen LogP contribution is -2.36. The highest BCUT2D eigenvalue weighted by Gasteiger charge is 2.22. The summed E-state index contributed by atoms with van der Waals surface area (Å²) in [6.07, 6.45) is 4.33. The standard InChI is InChI=1S/C21H28N4O2.HI/c1-3-26-20-12-17(10-11-23-20)13-24-21(22-2)25-14-18-6-4-5-7-19(18)27-15-16-8-9-16;/h4-7,10-12,16H,3,8-9,13-15H2,1-2H3,(H2,22,24,25);1H. The number of ether oxygens (including phenoxy) is 2. The number of halogens is 1. The first-order valence-corrected chi connectivity index (χ1v) is 9.51. The zero-order chi connectivity index (χ0) is 18.9. The fourth-order valence-corrected chi connectivity index (χ4v) is 2.66. The molecule has 28 heavy (non-hydrogen) atoms. The Bertz CT molecular complexity index is 766. The molecule has 6 nitrogen and oxygen atoms in total. The second-order valence-corrected chi connectivity index (χ2v) is 6.58. The molecule has 7 heteroatoms. The first-order chi connectivity index (χ1) is 13.3. The Morgan fingerprint density at radius 3 is 2.68 bits per heavy atom. The summed E-state index contributed by atoms with van der Waals surface area (Å²) in [4.78, 5) is 8.48. The van der Waals surface area contributed by atoms with E-state index in [0.29, 0.717) is 25.6 Å². The predicted octanol–water partition coefficient (Wildman–Crippen LogP) is 3.75. The van der Waals surface area contributed by atoms with E-state index in [4.69, 9.17) is 9.47 Å². The maximum atomic E-state index is 5.97. The molecule has 1 aromatic carbocycles. The topological polar surface area (TPSA) is 67.8 Å². The SMILES string of the molecule is CCOc1cc(CNC(=NC)NCc2ccccc2OCC2CC2)ccn1.I. The monoisotopic (exact) mass is 496 g/mol. The van der Waals surface area contributed by atoms with E-state index in [1.54, 1.807) is 13.2 Å². The molecule has 1 aliphatic carbocycles. The molecule has 1 fully saturated rings. The number of aromatic nitrogens is 1. The van der Waals surface area contributed by atoms with Crippen molar-refractivity contribution in [1.82, 2.24) is 15.6 Å². The molecule has 1 heterocycles. The van der Waals surface area contributed by atoms with Gasteiger partial charge in [-0.1, -0.05) is 18.2 Å². The molecule has 0 radical (unpaired) electrons. The van der Waals surface area contributed by atoms with Gasteiger partial charge < -0.3 is 20.1 Å². The normalized spacial score (nSPS) is 13.4. The van der Waals surface area contributed by atoms with Crippen LogP contribution in [-0.2, 0) is 13.1 Å². The van der Waals surface area contributed by atoms with Crippen LogP contribution in [0, 0.1) is 5.92 Å². The first kappa shape index (κ1) is 22.3. The third kappa shape index (κ3) is 7.18. The summed E-state index contributed by atoms with van der Waals surface area (Å²) < 4.78 is 11.4. The molecule has 0 aliphatic heterocycles. The Hall–Kier alpha value is -2.03. The number of pyridine rings is 1. The number of rotatable bonds is 9. The summed E-state index contributed by atoms with van der Waals surface area (Å²) in [7, 11) is 1.77. The van der Waals surface area contributed by atoms with Crippen molar-refractivity contribution >= 4 is 29.9 Å². The number of guanidine groups is 1. The van der Waals surface area contributed by atoms with Crippen LogP contribution in [0.5, 0.6) is 11.6 Å². The third-order valence-corrected chi connectivity index (χ3v) is 4.37. The summed E-state index contributed by atoms with van der Waals surface area (Å²) in [5, 5.41) is 6.67. The fraction of sp³-hybridized carbons (Fsp3) is 0.429. The molecule has 2 N–H and O–H groups in total. The second-order valence-electron chi connectivity index (χ2n) is 6.58. The van der Waals surface area contributed by atoms with Crippen LogP contribution in [0.15, 0.2) is 47.6 Å². The van der Waals surface area contributed by atoms with Crippen molar-refractivity contribution in [3.63, 3.8) is 0 Å². The Balaban J connectivity index is 0.00000280. The fourth-order valence-electron chi connectivity index (χ4n) is 2.66. The summed E-state index contributed by atoms with van der Waals surface area (Å²) in [5.41, 5.74) is 2.22. The van der Waals surface area contributed by atoms with Crippen molar-refractivity contribution < 1.29 is 9.47 Å². The smallest absolute Gasteiger partial charge is 0.213 e. The number of nitrogens with one attached hydrogen (secondary N) is 2. The average molecular weight is 496 g/mol.